The average Bonchev–Trinajstić information content (AvgIpc) is 3.19. The number of H-pyrrole nitrogens is 1. The monoisotopic (exact) mass is 374 g/mol. The Labute approximate surface area is 153 Å². The zero-order valence-corrected chi connectivity index (χ0v) is 15.3. The van der Waals surface area contributed by atoms with Gasteiger partial charge in [0.15, 0.2) is 0 Å². The van der Waals surface area contributed by atoms with Crippen molar-refractivity contribution in [3.05, 3.63) is 35.9 Å². The Morgan fingerprint density at radius 1 is 1.42 bits per heavy atom. The Balaban J connectivity index is 0.00000144. The molecule has 1 aliphatic rings. The van der Waals surface area contributed by atoms with Gasteiger partial charge in [0.1, 0.15) is 11.9 Å². The summed E-state index contributed by atoms with van der Waals surface area (Å²) < 4.78 is 2.14. The van der Waals surface area contributed by atoms with Gasteiger partial charge in [-0.2, -0.15) is 0 Å². The summed E-state index contributed by atoms with van der Waals surface area (Å²) in [6.07, 6.45) is 8.16. The van der Waals surface area contributed by atoms with Crippen molar-refractivity contribution in [1.29, 1.82) is 0 Å². The van der Waals surface area contributed by atoms with Crippen molar-refractivity contribution in [3.63, 3.8) is 0 Å². The summed E-state index contributed by atoms with van der Waals surface area (Å²) in [4.78, 5) is 24.0. The van der Waals surface area contributed by atoms with Gasteiger partial charge in [0, 0.05) is 50.6 Å². The van der Waals surface area contributed by atoms with Crippen molar-refractivity contribution in [2.24, 2.45) is 0 Å². The van der Waals surface area contributed by atoms with E-state index < -0.39 is 0 Å². The molecule has 0 aliphatic carbocycles. The number of aryl methyl sites for hydroxylation is 2. The SMILES string of the molecule is CCc1nccn1CCCNC(=O)C1NCCc2[nH]cnc21.Cl.Cl. The van der Waals surface area contributed by atoms with Crippen LogP contribution in [0.2, 0.25) is 0 Å². The first-order valence-corrected chi connectivity index (χ1v) is 7.83. The molecular formula is C15H24Cl2N6O. The molecule has 1 aliphatic heterocycles. The summed E-state index contributed by atoms with van der Waals surface area (Å²) in [5.41, 5.74) is 1.89. The second kappa shape index (κ2) is 9.66. The number of halogens is 2. The van der Waals surface area contributed by atoms with Gasteiger partial charge in [-0.25, -0.2) is 9.97 Å². The molecule has 0 bridgehead atoms. The van der Waals surface area contributed by atoms with E-state index in [0.29, 0.717) is 6.54 Å². The van der Waals surface area contributed by atoms with Gasteiger partial charge < -0.3 is 20.2 Å². The first-order chi connectivity index (χ1) is 10.8. The Hall–Kier alpha value is -1.57. The highest BCUT2D eigenvalue weighted by Crippen LogP contribution is 2.18. The average molecular weight is 375 g/mol. The number of rotatable bonds is 6. The van der Waals surface area contributed by atoms with E-state index in [0.717, 1.165) is 49.6 Å². The highest BCUT2D eigenvalue weighted by atomic mass is 35.5. The molecule has 24 heavy (non-hydrogen) atoms. The van der Waals surface area contributed by atoms with Gasteiger partial charge in [0.25, 0.3) is 0 Å². The second-order valence-electron chi connectivity index (χ2n) is 5.44. The number of aromatic amines is 1. The Morgan fingerprint density at radius 2 is 2.25 bits per heavy atom. The van der Waals surface area contributed by atoms with Crippen LogP contribution in [0.15, 0.2) is 18.7 Å². The van der Waals surface area contributed by atoms with Gasteiger partial charge in [0.2, 0.25) is 5.91 Å². The lowest BCUT2D eigenvalue weighted by Crippen LogP contribution is -2.42. The molecule has 2 aromatic heterocycles. The fourth-order valence-corrected chi connectivity index (χ4v) is 2.86. The molecule has 0 spiro atoms. The molecule has 1 amide bonds. The Bertz CT molecular complexity index is 641. The van der Waals surface area contributed by atoms with Crippen molar-refractivity contribution in [2.45, 2.75) is 38.8 Å². The van der Waals surface area contributed by atoms with E-state index in [9.17, 15) is 4.79 Å². The van der Waals surface area contributed by atoms with Gasteiger partial charge in [-0.3, -0.25) is 4.79 Å². The standard InChI is InChI=1S/C15H22N6O.2ClH/c1-2-12-16-7-9-21(12)8-3-5-18-15(22)14-13-11(4-6-17-14)19-10-20-13;;/h7,9-10,14,17H,2-6,8H2,1H3,(H,18,22)(H,19,20);2*1H. The number of fused-ring (bicyclic) bond motifs is 1. The van der Waals surface area contributed by atoms with Crippen LogP contribution in [0.5, 0.6) is 0 Å². The molecule has 1 unspecified atom stereocenters. The van der Waals surface area contributed by atoms with E-state index in [4.69, 9.17) is 0 Å². The molecule has 3 heterocycles. The minimum atomic E-state index is -0.338. The Morgan fingerprint density at radius 3 is 3.04 bits per heavy atom. The fraction of sp³-hybridized carbons (Fsp3) is 0.533. The molecule has 3 N–H and O–H groups in total. The normalized spacial score (nSPS) is 15.8. The van der Waals surface area contributed by atoms with Crippen LogP contribution < -0.4 is 10.6 Å². The number of carbonyl (C=O) groups is 1. The number of nitrogens with zero attached hydrogens (tertiary/aromatic N) is 3. The molecule has 0 saturated carbocycles. The largest absolute Gasteiger partial charge is 0.354 e. The number of imidazole rings is 2. The van der Waals surface area contributed by atoms with Crippen molar-refractivity contribution in [3.8, 4) is 0 Å². The van der Waals surface area contributed by atoms with Crippen molar-refractivity contribution in [2.75, 3.05) is 13.1 Å². The van der Waals surface area contributed by atoms with Crippen molar-refractivity contribution >= 4 is 30.7 Å². The summed E-state index contributed by atoms with van der Waals surface area (Å²) in [5, 5.41) is 6.22. The van der Waals surface area contributed by atoms with E-state index in [1.807, 2.05) is 12.4 Å². The molecule has 0 fully saturated rings. The second-order valence-corrected chi connectivity index (χ2v) is 5.44. The molecule has 0 saturated heterocycles. The molecule has 134 valence electrons. The lowest BCUT2D eigenvalue weighted by molar-refractivity contribution is -0.123. The summed E-state index contributed by atoms with van der Waals surface area (Å²) in [6.45, 7) is 4.41. The van der Waals surface area contributed by atoms with Gasteiger partial charge >= 0.3 is 0 Å². The third kappa shape index (κ3) is 4.49. The summed E-state index contributed by atoms with van der Waals surface area (Å²) in [7, 11) is 0. The van der Waals surface area contributed by atoms with Gasteiger partial charge in [-0.1, -0.05) is 6.92 Å². The van der Waals surface area contributed by atoms with Crippen LogP contribution in [0.3, 0.4) is 0 Å². The Kier molecular flexibility index (Phi) is 8.24. The topological polar surface area (TPSA) is 87.6 Å². The van der Waals surface area contributed by atoms with E-state index in [2.05, 4.69) is 37.1 Å². The number of amides is 1. The summed E-state index contributed by atoms with van der Waals surface area (Å²) in [5.74, 6) is 1.08. The van der Waals surface area contributed by atoms with Gasteiger partial charge in [0.05, 0.1) is 12.0 Å². The van der Waals surface area contributed by atoms with Crippen LogP contribution in [-0.2, 0) is 24.2 Å². The molecular weight excluding hydrogens is 351 g/mol. The number of hydrogen-bond acceptors (Lipinski definition) is 4. The summed E-state index contributed by atoms with van der Waals surface area (Å²) >= 11 is 0. The first kappa shape index (κ1) is 20.5. The number of aromatic nitrogens is 4. The van der Waals surface area contributed by atoms with Crippen molar-refractivity contribution in [1.82, 2.24) is 30.2 Å². The lowest BCUT2D eigenvalue weighted by Gasteiger charge is -2.22. The third-order valence-corrected chi connectivity index (χ3v) is 4.00. The number of carbonyl (C=O) groups excluding carboxylic acids is 1. The molecule has 2 aromatic rings. The maximum Gasteiger partial charge on any atom is 0.243 e. The smallest absolute Gasteiger partial charge is 0.243 e. The highest BCUT2D eigenvalue weighted by Gasteiger charge is 2.27. The van der Waals surface area contributed by atoms with E-state index in [-0.39, 0.29) is 36.8 Å². The van der Waals surface area contributed by atoms with Crippen molar-refractivity contribution < 1.29 is 4.79 Å². The van der Waals surface area contributed by atoms with Crippen LogP contribution in [0, 0.1) is 0 Å². The lowest BCUT2D eigenvalue weighted by atomic mass is 10.1. The van der Waals surface area contributed by atoms with E-state index in [1.165, 1.54) is 0 Å². The number of hydrogen-bond donors (Lipinski definition) is 3. The van der Waals surface area contributed by atoms with Crippen LogP contribution in [0.1, 0.15) is 36.6 Å². The molecule has 3 rings (SSSR count). The van der Waals surface area contributed by atoms with Gasteiger partial charge in [-0.15, -0.1) is 24.8 Å². The highest BCUT2D eigenvalue weighted by molar-refractivity contribution is 5.85. The van der Waals surface area contributed by atoms with E-state index >= 15 is 0 Å². The third-order valence-electron chi connectivity index (χ3n) is 4.00. The zero-order chi connectivity index (χ0) is 15.4. The van der Waals surface area contributed by atoms with E-state index in [1.54, 1.807) is 6.33 Å². The molecule has 7 nitrogen and oxygen atoms in total. The minimum absolute atomic E-state index is 0. The predicted octanol–water partition coefficient (Wildman–Crippen LogP) is 1.41. The van der Waals surface area contributed by atoms with Crippen LogP contribution in [-0.4, -0.2) is 38.5 Å². The number of nitrogens with one attached hydrogen (secondary N) is 3. The first-order valence-electron chi connectivity index (χ1n) is 7.83. The van der Waals surface area contributed by atoms with Crippen LogP contribution >= 0.6 is 24.8 Å². The zero-order valence-electron chi connectivity index (χ0n) is 13.6. The quantitative estimate of drug-likeness (QED) is 0.667. The molecule has 9 heteroatoms. The minimum Gasteiger partial charge on any atom is -0.354 e. The summed E-state index contributed by atoms with van der Waals surface area (Å²) in [6, 6.07) is -0.338. The maximum atomic E-state index is 12.3. The van der Waals surface area contributed by atoms with Crippen LogP contribution in [0.25, 0.3) is 0 Å². The molecule has 0 radical (unpaired) electrons. The maximum absolute atomic E-state index is 12.3. The molecule has 1 atom stereocenters. The van der Waals surface area contributed by atoms with Crippen LogP contribution in [0.4, 0.5) is 0 Å². The fourth-order valence-electron chi connectivity index (χ4n) is 2.86. The van der Waals surface area contributed by atoms with Gasteiger partial charge in [-0.05, 0) is 6.42 Å². The predicted molar refractivity (Wildman–Crippen MR) is 96.8 cm³/mol. The molecule has 0 aromatic carbocycles.